The summed E-state index contributed by atoms with van der Waals surface area (Å²) in [5, 5.41) is 3.53. The molecule has 1 aromatic carbocycles. The molecule has 2 atom stereocenters. The van der Waals surface area contributed by atoms with Gasteiger partial charge in [0.15, 0.2) is 0 Å². The van der Waals surface area contributed by atoms with Crippen LogP contribution in [-0.4, -0.2) is 17.9 Å². The average Bonchev–Trinajstić information content (AvgIpc) is 2.73. The van der Waals surface area contributed by atoms with E-state index in [1.165, 1.54) is 12.8 Å². The van der Waals surface area contributed by atoms with E-state index in [4.69, 9.17) is 0 Å². The largest absolute Gasteiger partial charge is 0.311 e. The molecule has 2 fully saturated rings. The molecular formula is C16H20FNO. The summed E-state index contributed by atoms with van der Waals surface area (Å²) in [5.41, 5.74) is 1.17. The Morgan fingerprint density at radius 3 is 2.68 bits per heavy atom. The van der Waals surface area contributed by atoms with Crippen LogP contribution in [0.5, 0.6) is 0 Å². The van der Waals surface area contributed by atoms with Crippen molar-refractivity contribution in [1.82, 2.24) is 5.32 Å². The predicted octanol–water partition coefficient (Wildman–Crippen LogP) is 2.78. The highest BCUT2D eigenvalue weighted by Crippen LogP contribution is 2.32. The second kappa shape index (κ2) is 5.04. The molecule has 0 saturated carbocycles. The van der Waals surface area contributed by atoms with Crippen LogP contribution < -0.4 is 5.32 Å². The second-order valence-electron chi connectivity index (χ2n) is 6.00. The predicted molar refractivity (Wildman–Crippen MR) is 72.5 cm³/mol. The van der Waals surface area contributed by atoms with E-state index in [9.17, 15) is 9.18 Å². The van der Waals surface area contributed by atoms with Gasteiger partial charge in [-0.3, -0.25) is 4.79 Å². The fraction of sp³-hybridized carbons (Fsp3) is 0.562. The fourth-order valence-electron chi connectivity index (χ4n) is 3.50. The third kappa shape index (κ3) is 2.57. The van der Waals surface area contributed by atoms with Crippen LogP contribution in [0.4, 0.5) is 4.39 Å². The minimum atomic E-state index is -0.215. The summed E-state index contributed by atoms with van der Waals surface area (Å²) in [6.07, 6.45) is 4.49. The highest BCUT2D eigenvalue weighted by molar-refractivity contribution is 5.83. The van der Waals surface area contributed by atoms with Crippen LogP contribution in [0.3, 0.4) is 0 Å². The van der Waals surface area contributed by atoms with E-state index in [1.807, 2.05) is 6.07 Å². The van der Waals surface area contributed by atoms with Gasteiger partial charge in [0.05, 0.1) is 0 Å². The Morgan fingerprint density at radius 1 is 1.32 bits per heavy atom. The summed E-state index contributed by atoms with van der Waals surface area (Å²) >= 11 is 0. The van der Waals surface area contributed by atoms with Gasteiger partial charge in [-0.15, -0.1) is 0 Å². The molecule has 3 rings (SSSR count). The van der Waals surface area contributed by atoms with E-state index in [0.29, 0.717) is 23.2 Å². The first-order chi connectivity index (χ1) is 9.13. The molecule has 0 aliphatic carbocycles. The van der Waals surface area contributed by atoms with Gasteiger partial charge in [-0.05, 0) is 43.7 Å². The molecule has 2 saturated heterocycles. The molecule has 2 unspecified atom stereocenters. The Hall–Kier alpha value is -1.22. The number of carbonyl (C=O) groups is 1. The van der Waals surface area contributed by atoms with E-state index >= 15 is 0 Å². The third-order valence-corrected chi connectivity index (χ3v) is 4.56. The standard InChI is InChI=1S/C16H20FNO/c1-10-3-2-4-11(16(10)17)9-15(19)12-7-13-5-6-14(8-12)18-13/h2-4,12-14,18H,5-9H2,1H3. The molecule has 2 aliphatic rings. The zero-order valence-corrected chi connectivity index (χ0v) is 11.3. The normalized spacial score (nSPS) is 29.5. The van der Waals surface area contributed by atoms with Crippen molar-refractivity contribution in [2.75, 3.05) is 0 Å². The zero-order chi connectivity index (χ0) is 13.4. The number of fused-ring (bicyclic) bond motifs is 2. The Bertz CT molecular complexity index is 488. The summed E-state index contributed by atoms with van der Waals surface area (Å²) < 4.78 is 13.9. The molecule has 1 aromatic rings. The molecule has 0 spiro atoms. The van der Waals surface area contributed by atoms with E-state index in [-0.39, 0.29) is 23.9 Å². The number of halogens is 1. The summed E-state index contributed by atoms with van der Waals surface area (Å²) in [6, 6.07) is 6.32. The quantitative estimate of drug-likeness (QED) is 0.906. The van der Waals surface area contributed by atoms with E-state index in [0.717, 1.165) is 12.8 Å². The number of rotatable bonds is 3. The van der Waals surface area contributed by atoms with Crippen LogP contribution in [0.25, 0.3) is 0 Å². The lowest BCUT2D eigenvalue weighted by Crippen LogP contribution is -2.40. The van der Waals surface area contributed by atoms with Crippen LogP contribution in [0, 0.1) is 18.7 Å². The highest BCUT2D eigenvalue weighted by Gasteiger charge is 2.36. The first-order valence-corrected chi connectivity index (χ1v) is 7.16. The molecule has 2 bridgehead atoms. The maximum absolute atomic E-state index is 13.9. The van der Waals surface area contributed by atoms with E-state index in [2.05, 4.69) is 5.32 Å². The molecule has 1 N–H and O–H groups in total. The number of carbonyl (C=O) groups excluding carboxylic acids is 1. The van der Waals surface area contributed by atoms with Gasteiger partial charge in [0.1, 0.15) is 11.6 Å². The summed E-state index contributed by atoms with van der Waals surface area (Å²) in [5.74, 6) is 0.120. The molecule has 0 aromatic heterocycles. The van der Waals surface area contributed by atoms with Crippen molar-refractivity contribution in [2.45, 2.75) is 51.1 Å². The number of hydrogen-bond acceptors (Lipinski definition) is 2. The Morgan fingerprint density at radius 2 is 2.00 bits per heavy atom. The van der Waals surface area contributed by atoms with Gasteiger partial charge in [-0.2, -0.15) is 0 Å². The lowest BCUT2D eigenvalue weighted by Gasteiger charge is -2.28. The van der Waals surface area contributed by atoms with Crippen LogP contribution in [-0.2, 0) is 11.2 Å². The molecule has 2 aliphatic heterocycles. The monoisotopic (exact) mass is 261 g/mol. The summed E-state index contributed by atoms with van der Waals surface area (Å²) in [4.78, 5) is 12.4. The van der Waals surface area contributed by atoms with Crippen LogP contribution >= 0.6 is 0 Å². The minimum Gasteiger partial charge on any atom is -0.311 e. The van der Waals surface area contributed by atoms with Crippen LogP contribution in [0.15, 0.2) is 18.2 Å². The topological polar surface area (TPSA) is 29.1 Å². The molecule has 2 heterocycles. The average molecular weight is 261 g/mol. The number of hydrogen-bond donors (Lipinski definition) is 1. The summed E-state index contributed by atoms with van der Waals surface area (Å²) in [6.45, 7) is 1.74. The Labute approximate surface area is 113 Å². The zero-order valence-electron chi connectivity index (χ0n) is 11.3. The number of benzene rings is 1. The van der Waals surface area contributed by atoms with Gasteiger partial charge in [-0.1, -0.05) is 18.2 Å². The molecule has 2 nitrogen and oxygen atoms in total. The molecule has 0 radical (unpaired) electrons. The maximum atomic E-state index is 13.9. The van der Waals surface area contributed by atoms with Crippen molar-refractivity contribution in [3.05, 3.63) is 35.1 Å². The second-order valence-corrected chi connectivity index (χ2v) is 6.00. The van der Waals surface area contributed by atoms with Crippen LogP contribution in [0.2, 0.25) is 0 Å². The third-order valence-electron chi connectivity index (χ3n) is 4.56. The van der Waals surface area contributed by atoms with Gasteiger partial charge < -0.3 is 5.32 Å². The lowest BCUT2D eigenvalue weighted by atomic mass is 9.86. The number of piperidine rings is 1. The molecule has 102 valence electrons. The Balaban J connectivity index is 1.69. The minimum absolute atomic E-state index is 0.124. The van der Waals surface area contributed by atoms with Gasteiger partial charge in [0.25, 0.3) is 0 Å². The van der Waals surface area contributed by atoms with Crippen molar-refractivity contribution in [2.24, 2.45) is 5.92 Å². The van der Waals surface area contributed by atoms with Crippen molar-refractivity contribution >= 4 is 5.78 Å². The van der Waals surface area contributed by atoms with Crippen LogP contribution in [0.1, 0.15) is 36.8 Å². The number of ketones is 1. The molecule has 19 heavy (non-hydrogen) atoms. The van der Waals surface area contributed by atoms with Crippen molar-refractivity contribution in [3.8, 4) is 0 Å². The first kappa shape index (κ1) is 12.8. The summed E-state index contributed by atoms with van der Waals surface area (Å²) in [7, 11) is 0. The number of aryl methyl sites for hydroxylation is 1. The van der Waals surface area contributed by atoms with E-state index < -0.39 is 0 Å². The maximum Gasteiger partial charge on any atom is 0.140 e. The van der Waals surface area contributed by atoms with Crippen molar-refractivity contribution in [1.29, 1.82) is 0 Å². The van der Waals surface area contributed by atoms with Gasteiger partial charge in [-0.25, -0.2) is 4.39 Å². The van der Waals surface area contributed by atoms with Crippen molar-refractivity contribution in [3.63, 3.8) is 0 Å². The van der Waals surface area contributed by atoms with Gasteiger partial charge in [0.2, 0.25) is 0 Å². The SMILES string of the molecule is Cc1cccc(CC(=O)C2CC3CCC(C2)N3)c1F. The number of nitrogens with one attached hydrogen (secondary N) is 1. The van der Waals surface area contributed by atoms with Gasteiger partial charge >= 0.3 is 0 Å². The molecule has 3 heteroatoms. The lowest BCUT2D eigenvalue weighted by molar-refractivity contribution is -0.123. The first-order valence-electron chi connectivity index (χ1n) is 7.16. The fourth-order valence-corrected chi connectivity index (χ4v) is 3.50. The van der Waals surface area contributed by atoms with Crippen molar-refractivity contribution < 1.29 is 9.18 Å². The smallest absolute Gasteiger partial charge is 0.140 e. The Kier molecular flexibility index (Phi) is 3.40. The highest BCUT2D eigenvalue weighted by atomic mass is 19.1. The molecule has 0 amide bonds. The molecular weight excluding hydrogens is 241 g/mol. The number of Topliss-reactive ketones (excluding diaryl/α,β-unsaturated/α-hetero) is 1. The van der Waals surface area contributed by atoms with Gasteiger partial charge in [0, 0.05) is 24.4 Å². The van der Waals surface area contributed by atoms with E-state index in [1.54, 1.807) is 19.1 Å².